The SMILES string of the molecule is O=C(O)C(F)(F)F.c1cc(CN2CC[C@@H]3O[C@@H](COCC4CC4)CC[C@@H]32)cs1. The van der Waals surface area contributed by atoms with Crippen molar-refractivity contribution >= 4 is 17.3 Å². The molecule has 9 heteroatoms. The van der Waals surface area contributed by atoms with E-state index in [0.29, 0.717) is 18.2 Å². The van der Waals surface area contributed by atoms with E-state index in [4.69, 9.17) is 19.4 Å². The number of hydrogen-bond donors (Lipinski definition) is 1. The van der Waals surface area contributed by atoms with Gasteiger partial charge in [0.2, 0.25) is 0 Å². The minimum atomic E-state index is -5.08. The highest BCUT2D eigenvalue weighted by Gasteiger charge is 2.40. The molecule has 1 N–H and O–H groups in total. The third-order valence-electron chi connectivity index (χ3n) is 5.31. The Labute approximate surface area is 166 Å². The van der Waals surface area contributed by atoms with E-state index in [1.807, 2.05) is 0 Å². The van der Waals surface area contributed by atoms with Crippen LogP contribution in [0, 0.1) is 5.92 Å². The smallest absolute Gasteiger partial charge is 0.475 e. The number of aliphatic carboxylic acids is 1. The quantitative estimate of drug-likeness (QED) is 0.754. The van der Waals surface area contributed by atoms with Crippen molar-refractivity contribution in [3.05, 3.63) is 22.4 Å². The molecular weight excluding hydrogens is 395 g/mol. The van der Waals surface area contributed by atoms with Gasteiger partial charge in [0, 0.05) is 25.7 Å². The molecule has 5 nitrogen and oxygen atoms in total. The first-order chi connectivity index (χ1) is 13.3. The van der Waals surface area contributed by atoms with Gasteiger partial charge in [-0.15, -0.1) is 0 Å². The highest BCUT2D eigenvalue weighted by molar-refractivity contribution is 7.07. The maximum absolute atomic E-state index is 10.6. The number of rotatable bonds is 6. The van der Waals surface area contributed by atoms with Gasteiger partial charge in [-0.2, -0.15) is 24.5 Å². The van der Waals surface area contributed by atoms with Crippen LogP contribution in [0.3, 0.4) is 0 Å². The highest BCUT2D eigenvalue weighted by Crippen LogP contribution is 2.33. The molecule has 1 aliphatic carbocycles. The van der Waals surface area contributed by atoms with Gasteiger partial charge in [-0.25, -0.2) is 4.79 Å². The third kappa shape index (κ3) is 6.43. The number of carboxylic acid groups (broad SMARTS) is 1. The largest absolute Gasteiger partial charge is 0.490 e. The molecule has 3 atom stereocenters. The fraction of sp³-hybridized carbons (Fsp3) is 0.737. The highest BCUT2D eigenvalue weighted by atomic mass is 32.1. The zero-order valence-corrected chi connectivity index (χ0v) is 16.4. The number of fused-ring (bicyclic) bond motifs is 1. The topological polar surface area (TPSA) is 59.0 Å². The summed E-state index contributed by atoms with van der Waals surface area (Å²) in [5, 5.41) is 11.6. The van der Waals surface area contributed by atoms with E-state index in [0.717, 1.165) is 32.1 Å². The minimum Gasteiger partial charge on any atom is -0.475 e. The Hall–Kier alpha value is -1.16. The Balaban J connectivity index is 0.000000279. The van der Waals surface area contributed by atoms with Crippen molar-refractivity contribution in [1.82, 2.24) is 4.90 Å². The van der Waals surface area contributed by atoms with Gasteiger partial charge in [0.05, 0.1) is 18.8 Å². The second-order valence-corrected chi connectivity index (χ2v) is 8.40. The number of nitrogens with zero attached hydrogens (tertiary/aromatic N) is 1. The van der Waals surface area contributed by atoms with Crippen molar-refractivity contribution < 1.29 is 32.5 Å². The second kappa shape index (κ2) is 9.56. The number of ether oxygens (including phenoxy) is 2. The zero-order valence-electron chi connectivity index (χ0n) is 15.6. The first kappa shape index (κ1) is 21.5. The third-order valence-corrected chi connectivity index (χ3v) is 6.05. The Morgan fingerprint density at radius 1 is 1.25 bits per heavy atom. The fourth-order valence-electron chi connectivity index (χ4n) is 3.67. The lowest BCUT2D eigenvalue weighted by Gasteiger charge is -2.36. The fourth-order valence-corrected chi connectivity index (χ4v) is 4.33. The van der Waals surface area contributed by atoms with E-state index in [-0.39, 0.29) is 0 Å². The van der Waals surface area contributed by atoms with Gasteiger partial charge >= 0.3 is 12.1 Å². The van der Waals surface area contributed by atoms with E-state index >= 15 is 0 Å². The summed E-state index contributed by atoms with van der Waals surface area (Å²) in [7, 11) is 0. The van der Waals surface area contributed by atoms with Crippen LogP contribution in [0.4, 0.5) is 13.2 Å². The Kier molecular flexibility index (Phi) is 7.36. The maximum Gasteiger partial charge on any atom is 0.490 e. The first-order valence-electron chi connectivity index (χ1n) is 9.61. The van der Waals surface area contributed by atoms with Crippen molar-refractivity contribution in [3.63, 3.8) is 0 Å². The number of alkyl halides is 3. The van der Waals surface area contributed by atoms with Gasteiger partial charge in [-0.3, -0.25) is 4.90 Å². The molecule has 4 rings (SSSR count). The standard InChI is InChI=1S/C17H25NO2S.C2HF3O2/c1-2-13(1)10-19-11-15-3-4-16-17(20-15)5-7-18(16)9-14-6-8-21-12-14;3-2(4,5)1(6)7/h6,8,12-13,15-17H,1-5,7,9-11H2;(H,6,7)/t15-,16+,17+;/m1./s1. The molecule has 3 fully saturated rings. The van der Waals surface area contributed by atoms with E-state index in [9.17, 15) is 13.2 Å². The van der Waals surface area contributed by atoms with Crippen LogP contribution < -0.4 is 0 Å². The lowest BCUT2D eigenvalue weighted by atomic mass is 9.99. The molecule has 0 radical (unpaired) electrons. The van der Waals surface area contributed by atoms with Crippen molar-refractivity contribution in [2.45, 2.75) is 63.1 Å². The number of halogens is 3. The van der Waals surface area contributed by atoms with Crippen molar-refractivity contribution in [2.24, 2.45) is 5.92 Å². The summed E-state index contributed by atoms with van der Waals surface area (Å²) < 4.78 is 43.9. The number of hydrogen-bond acceptors (Lipinski definition) is 5. The summed E-state index contributed by atoms with van der Waals surface area (Å²) in [6.45, 7) is 4.04. The predicted octanol–water partition coefficient (Wildman–Crippen LogP) is 3.93. The molecule has 1 aromatic heterocycles. The zero-order chi connectivity index (χ0) is 20.1. The summed E-state index contributed by atoms with van der Waals surface area (Å²) in [5.41, 5.74) is 1.45. The van der Waals surface area contributed by atoms with E-state index in [1.54, 1.807) is 11.3 Å². The van der Waals surface area contributed by atoms with E-state index < -0.39 is 12.1 Å². The van der Waals surface area contributed by atoms with Crippen LogP contribution in [0.5, 0.6) is 0 Å². The van der Waals surface area contributed by atoms with Crippen LogP contribution >= 0.6 is 11.3 Å². The van der Waals surface area contributed by atoms with Crippen LogP contribution in [0.2, 0.25) is 0 Å². The average Bonchev–Trinajstić information content (AvgIpc) is 3.16. The molecule has 2 aliphatic heterocycles. The van der Waals surface area contributed by atoms with Gasteiger partial charge in [0.15, 0.2) is 0 Å². The van der Waals surface area contributed by atoms with Gasteiger partial charge in [0.1, 0.15) is 0 Å². The molecule has 3 heterocycles. The van der Waals surface area contributed by atoms with Gasteiger partial charge in [-0.05, 0) is 60.4 Å². The maximum atomic E-state index is 10.6. The Morgan fingerprint density at radius 3 is 2.61 bits per heavy atom. The molecule has 0 amide bonds. The molecule has 0 aromatic carbocycles. The van der Waals surface area contributed by atoms with Crippen LogP contribution in [-0.4, -0.2) is 60.2 Å². The molecule has 0 bridgehead atoms. The van der Waals surface area contributed by atoms with Crippen LogP contribution in [0.1, 0.15) is 37.7 Å². The molecule has 0 unspecified atom stereocenters. The molecule has 158 valence electrons. The number of carboxylic acids is 1. The summed E-state index contributed by atoms with van der Waals surface area (Å²) in [5.74, 6) is -1.90. The summed E-state index contributed by atoms with van der Waals surface area (Å²) in [4.78, 5) is 11.5. The van der Waals surface area contributed by atoms with Crippen molar-refractivity contribution in [1.29, 1.82) is 0 Å². The molecule has 1 saturated carbocycles. The second-order valence-electron chi connectivity index (χ2n) is 7.62. The molecule has 1 aromatic rings. The Morgan fingerprint density at radius 2 is 2.00 bits per heavy atom. The van der Waals surface area contributed by atoms with Crippen molar-refractivity contribution in [3.8, 4) is 0 Å². The monoisotopic (exact) mass is 421 g/mol. The van der Waals surface area contributed by atoms with Crippen LogP contribution in [0.25, 0.3) is 0 Å². The predicted molar refractivity (Wildman–Crippen MR) is 98.3 cm³/mol. The van der Waals surface area contributed by atoms with Gasteiger partial charge in [0.25, 0.3) is 0 Å². The molecular formula is C19H26F3NO4S. The molecule has 2 saturated heterocycles. The lowest BCUT2D eigenvalue weighted by Crippen LogP contribution is -2.43. The molecule has 28 heavy (non-hydrogen) atoms. The summed E-state index contributed by atoms with van der Waals surface area (Å²) in [6, 6.07) is 2.88. The average molecular weight is 421 g/mol. The normalized spacial score (nSPS) is 27.8. The summed E-state index contributed by atoms with van der Waals surface area (Å²) >= 11 is 1.79. The minimum absolute atomic E-state index is 0.339. The van der Waals surface area contributed by atoms with Crippen molar-refractivity contribution in [2.75, 3.05) is 19.8 Å². The van der Waals surface area contributed by atoms with E-state index in [1.165, 1.54) is 37.8 Å². The Bertz CT molecular complexity index is 621. The van der Waals surface area contributed by atoms with Gasteiger partial charge < -0.3 is 14.6 Å². The number of likely N-dealkylation sites (tertiary alicyclic amines) is 1. The lowest BCUT2D eigenvalue weighted by molar-refractivity contribution is -0.192. The first-order valence-corrected chi connectivity index (χ1v) is 10.6. The summed E-state index contributed by atoms with van der Waals surface area (Å²) in [6.07, 6.45) is 2.05. The number of carbonyl (C=O) groups is 1. The van der Waals surface area contributed by atoms with Crippen LogP contribution in [0.15, 0.2) is 16.8 Å². The number of thiophene rings is 1. The van der Waals surface area contributed by atoms with Gasteiger partial charge in [-0.1, -0.05) is 0 Å². The van der Waals surface area contributed by atoms with Crippen LogP contribution in [-0.2, 0) is 20.8 Å². The van der Waals surface area contributed by atoms with E-state index in [2.05, 4.69) is 21.7 Å². The molecule has 3 aliphatic rings. The molecule has 0 spiro atoms.